The van der Waals surface area contributed by atoms with E-state index in [1.54, 1.807) is 18.0 Å². The van der Waals surface area contributed by atoms with Crippen LogP contribution in [0.25, 0.3) is 0 Å². The highest BCUT2D eigenvalue weighted by Crippen LogP contribution is 2.34. The Morgan fingerprint density at radius 2 is 2.14 bits per heavy atom. The molecular weight excluding hydrogens is 368 g/mol. The lowest BCUT2D eigenvalue weighted by molar-refractivity contribution is 0.563. The zero-order valence-corrected chi connectivity index (χ0v) is 15.2. The summed E-state index contributed by atoms with van der Waals surface area (Å²) in [6, 6.07) is 10.5. The van der Waals surface area contributed by atoms with Gasteiger partial charge in [0.25, 0.3) is 0 Å². The van der Waals surface area contributed by atoms with Crippen molar-refractivity contribution in [3.05, 3.63) is 51.6 Å². The average molecular weight is 386 g/mol. The van der Waals surface area contributed by atoms with Crippen LogP contribution >= 0.6 is 39.3 Å². The second kappa shape index (κ2) is 8.18. The SMILES string of the molecule is CCCNC(C)c1cc(Br)ccc1Sc1ccc(Cl)cn1. The number of benzene rings is 1. The molecule has 0 radical (unpaired) electrons. The summed E-state index contributed by atoms with van der Waals surface area (Å²) in [4.78, 5) is 5.57. The van der Waals surface area contributed by atoms with Crippen molar-refractivity contribution >= 4 is 39.3 Å². The van der Waals surface area contributed by atoms with Gasteiger partial charge in [0.1, 0.15) is 5.03 Å². The van der Waals surface area contributed by atoms with Crippen LogP contribution in [0.4, 0.5) is 0 Å². The second-order valence-corrected chi connectivity index (χ2v) is 7.19. The van der Waals surface area contributed by atoms with Gasteiger partial charge >= 0.3 is 0 Å². The maximum atomic E-state index is 5.89. The van der Waals surface area contributed by atoms with Gasteiger partial charge in [-0.2, -0.15) is 0 Å². The fourth-order valence-corrected chi connectivity index (χ4v) is 3.40. The minimum absolute atomic E-state index is 0.303. The quantitative estimate of drug-likeness (QED) is 0.689. The summed E-state index contributed by atoms with van der Waals surface area (Å²) in [5.41, 5.74) is 1.28. The number of nitrogens with zero attached hydrogens (tertiary/aromatic N) is 1. The van der Waals surface area contributed by atoms with Crippen molar-refractivity contribution in [2.75, 3.05) is 6.54 Å². The van der Waals surface area contributed by atoms with Crippen LogP contribution in [-0.4, -0.2) is 11.5 Å². The molecule has 0 amide bonds. The molecule has 0 aliphatic heterocycles. The molecule has 2 nitrogen and oxygen atoms in total. The zero-order chi connectivity index (χ0) is 15.2. The number of hydrogen-bond donors (Lipinski definition) is 1. The van der Waals surface area contributed by atoms with Crippen molar-refractivity contribution in [2.24, 2.45) is 0 Å². The monoisotopic (exact) mass is 384 g/mol. The summed E-state index contributed by atoms with van der Waals surface area (Å²) in [5, 5.41) is 5.15. The Bertz CT molecular complexity index is 589. The van der Waals surface area contributed by atoms with E-state index in [-0.39, 0.29) is 0 Å². The Kier molecular flexibility index (Phi) is 6.55. The van der Waals surface area contributed by atoms with E-state index in [1.165, 1.54) is 10.5 Å². The Balaban J connectivity index is 2.23. The third-order valence-corrected chi connectivity index (χ3v) is 4.81. The first-order valence-corrected chi connectivity index (χ1v) is 8.91. The molecule has 0 spiro atoms. The van der Waals surface area contributed by atoms with Crippen molar-refractivity contribution in [3.8, 4) is 0 Å². The number of pyridine rings is 1. The van der Waals surface area contributed by atoms with E-state index in [0.29, 0.717) is 11.1 Å². The van der Waals surface area contributed by atoms with Crippen molar-refractivity contribution < 1.29 is 0 Å². The van der Waals surface area contributed by atoms with Gasteiger partial charge in [0, 0.05) is 21.6 Å². The van der Waals surface area contributed by atoms with Crippen LogP contribution in [0.3, 0.4) is 0 Å². The van der Waals surface area contributed by atoms with Crippen LogP contribution in [0.15, 0.2) is 50.9 Å². The number of aromatic nitrogens is 1. The standard InChI is InChI=1S/C16H18BrClN2S/c1-3-8-19-11(2)14-9-12(17)4-6-15(14)21-16-7-5-13(18)10-20-16/h4-7,9-11,19H,3,8H2,1-2H3. The first-order valence-electron chi connectivity index (χ1n) is 6.92. The molecule has 0 bridgehead atoms. The number of rotatable bonds is 6. The molecule has 21 heavy (non-hydrogen) atoms. The summed E-state index contributed by atoms with van der Waals surface area (Å²) in [6.07, 6.45) is 2.81. The van der Waals surface area contributed by atoms with Crippen LogP contribution in [0, 0.1) is 0 Å². The molecule has 0 aliphatic carbocycles. The average Bonchev–Trinajstić information content (AvgIpc) is 2.49. The van der Waals surface area contributed by atoms with Crippen molar-refractivity contribution in [1.29, 1.82) is 0 Å². The summed E-state index contributed by atoms with van der Waals surface area (Å²) in [7, 11) is 0. The van der Waals surface area contributed by atoms with Gasteiger partial charge in [-0.3, -0.25) is 0 Å². The van der Waals surface area contributed by atoms with E-state index in [0.717, 1.165) is 22.5 Å². The third kappa shape index (κ3) is 4.99. The molecule has 0 saturated carbocycles. The molecular formula is C16H18BrClN2S. The van der Waals surface area contributed by atoms with Crippen LogP contribution < -0.4 is 5.32 Å². The summed E-state index contributed by atoms with van der Waals surface area (Å²) >= 11 is 11.1. The first kappa shape index (κ1) is 16.8. The molecule has 0 fully saturated rings. The number of halogens is 2. The molecule has 1 aromatic heterocycles. The van der Waals surface area contributed by atoms with Gasteiger partial charge in [0.15, 0.2) is 0 Å². The summed E-state index contributed by atoms with van der Waals surface area (Å²) < 4.78 is 1.09. The molecule has 112 valence electrons. The van der Waals surface area contributed by atoms with E-state index in [4.69, 9.17) is 11.6 Å². The van der Waals surface area contributed by atoms with Gasteiger partial charge in [0.2, 0.25) is 0 Å². The van der Waals surface area contributed by atoms with E-state index in [2.05, 4.69) is 58.3 Å². The predicted molar refractivity (Wildman–Crippen MR) is 94.2 cm³/mol. The summed E-state index contributed by atoms with van der Waals surface area (Å²) in [6.45, 7) is 5.38. The van der Waals surface area contributed by atoms with Crippen molar-refractivity contribution in [2.45, 2.75) is 36.2 Å². The molecule has 0 saturated heterocycles. The van der Waals surface area contributed by atoms with Gasteiger partial charge in [-0.05, 0) is 55.8 Å². The van der Waals surface area contributed by atoms with E-state index in [1.807, 2.05) is 12.1 Å². The fraction of sp³-hybridized carbons (Fsp3) is 0.312. The van der Waals surface area contributed by atoms with Crippen LogP contribution in [0.2, 0.25) is 5.02 Å². The highest BCUT2D eigenvalue weighted by atomic mass is 79.9. The van der Waals surface area contributed by atoms with Crippen molar-refractivity contribution in [3.63, 3.8) is 0 Å². The number of hydrogen-bond acceptors (Lipinski definition) is 3. The van der Waals surface area contributed by atoms with Crippen LogP contribution in [-0.2, 0) is 0 Å². The second-order valence-electron chi connectivity index (χ2n) is 4.77. The lowest BCUT2D eigenvalue weighted by Crippen LogP contribution is -2.19. The number of nitrogens with one attached hydrogen (secondary N) is 1. The van der Waals surface area contributed by atoms with Gasteiger partial charge in [0.05, 0.1) is 5.02 Å². The smallest absolute Gasteiger partial charge is 0.101 e. The Morgan fingerprint density at radius 3 is 2.81 bits per heavy atom. The molecule has 1 unspecified atom stereocenters. The topological polar surface area (TPSA) is 24.9 Å². The Morgan fingerprint density at radius 1 is 1.33 bits per heavy atom. The van der Waals surface area contributed by atoms with Gasteiger partial charge in [-0.25, -0.2) is 4.98 Å². The van der Waals surface area contributed by atoms with E-state index >= 15 is 0 Å². The van der Waals surface area contributed by atoms with Crippen LogP contribution in [0.5, 0.6) is 0 Å². The van der Waals surface area contributed by atoms with Crippen molar-refractivity contribution in [1.82, 2.24) is 10.3 Å². The normalized spacial score (nSPS) is 12.4. The van der Waals surface area contributed by atoms with Gasteiger partial charge in [-0.1, -0.05) is 46.2 Å². The molecule has 5 heteroatoms. The minimum atomic E-state index is 0.303. The van der Waals surface area contributed by atoms with Gasteiger partial charge < -0.3 is 5.32 Å². The maximum absolute atomic E-state index is 5.89. The van der Waals surface area contributed by atoms with Crippen LogP contribution in [0.1, 0.15) is 31.9 Å². The maximum Gasteiger partial charge on any atom is 0.101 e. The molecule has 0 aliphatic rings. The molecule has 2 rings (SSSR count). The highest BCUT2D eigenvalue weighted by Gasteiger charge is 2.12. The Hall–Kier alpha value is -0.550. The summed E-state index contributed by atoms with van der Waals surface area (Å²) in [5.74, 6) is 0. The zero-order valence-electron chi connectivity index (χ0n) is 12.1. The predicted octanol–water partition coefficient (Wildman–Crippen LogP) is 5.71. The lowest BCUT2D eigenvalue weighted by Gasteiger charge is -2.18. The molecule has 1 heterocycles. The molecule has 1 atom stereocenters. The van der Waals surface area contributed by atoms with E-state index < -0.39 is 0 Å². The van der Waals surface area contributed by atoms with Gasteiger partial charge in [-0.15, -0.1) is 0 Å². The Labute approximate surface area is 143 Å². The molecule has 1 N–H and O–H groups in total. The fourth-order valence-electron chi connectivity index (χ4n) is 1.96. The molecule has 2 aromatic rings. The lowest BCUT2D eigenvalue weighted by atomic mass is 10.1. The molecule has 1 aromatic carbocycles. The largest absolute Gasteiger partial charge is 0.310 e. The highest BCUT2D eigenvalue weighted by molar-refractivity contribution is 9.10. The van der Waals surface area contributed by atoms with E-state index in [9.17, 15) is 0 Å². The first-order chi connectivity index (χ1) is 10.1. The minimum Gasteiger partial charge on any atom is -0.310 e. The third-order valence-electron chi connectivity index (χ3n) is 3.05.